The van der Waals surface area contributed by atoms with E-state index in [4.69, 9.17) is 4.74 Å². The second kappa shape index (κ2) is 4.48. The van der Waals surface area contributed by atoms with Gasteiger partial charge in [-0.3, -0.25) is 4.79 Å². The van der Waals surface area contributed by atoms with Crippen molar-refractivity contribution in [3.8, 4) is 5.75 Å². The molecule has 0 heterocycles. The monoisotopic (exact) mass is 335 g/mol. The van der Waals surface area contributed by atoms with Crippen molar-refractivity contribution in [3.05, 3.63) is 28.2 Å². The summed E-state index contributed by atoms with van der Waals surface area (Å²) in [5, 5.41) is 3.24. The molecule has 0 aliphatic heterocycles. The molecule has 3 saturated carbocycles. The highest BCUT2D eigenvalue weighted by molar-refractivity contribution is 9.10. The van der Waals surface area contributed by atoms with Gasteiger partial charge in [0.15, 0.2) is 0 Å². The van der Waals surface area contributed by atoms with Gasteiger partial charge in [-0.25, -0.2) is 0 Å². The quantitative estimate of drug-likeness (QED) is 0.920. The summed E-state index contributed by atoms with van der Waals surface area (Å²) in [4.78, 5) is 12.3. The number of ether oxygens (including phenoxy) is 1. The number of carbonyl (C=O) groups excluding carboxylic acids is 1. The van der Waals surface area contributed by atoms with Crippen molar-refractivity contribution in [2.45, 2.75) is 25.3 Å². The molecular formula is C16H18BrNO2. The van der Waals surface area contributed by atoms with E-state index in [1.165, 1.54) is 19.3 Å². The van der Waals surface area contributed by atoms with Crippen LogP contribution in [0.15, 0.2) is 22.7 Å². The van der Waals surface area contributed by atoms with Crippen LogP contribution >= 0.6 is 15.9 Å². The van der Waals surface area contributed by atoms with Crippen molar-refractivity contribution in [1.82, 2.24) is 5.32 Å². The zero-order chi connectivity index (χ0) is 13.9. The third kappa shape index (κ3) is 1.80. The van der Waals surface area contributed by atoms with Gasteiger partial charge >= 0.3 is 0 Å². The number of halogens is 1. The van der Waals surface area contributed by atoms with Crippen LogP contribution < -0.4 is 10.1 Å². The molecule has 3 fully saturated rings. The minimum atomic E-state index is 0.0483. The molecule has 3 nitrogen and oxygen atoms in total. The van der Waals surface area contributed by atoms with E-state index < -0.39 is 0 Å². The normalized spacial score (nSPS) is 36.6. The topological polar surface area (TPSA) is 38.3 Å². The van der Waals surface area contributed by atoms with Gasteiger partial charge in [0.25, 0.3) is 5.91 Å². The van der Waals surface area contributed by atoms with Crippen LogP contribution in [0.1, 0.15) is 29.6 Å². The molecule has 20 heavy (non-hydrogen) atoms. The first-order valence-corrected chi connectivity index (χ1v) is 8.12. The Hall–Kier alpha value is -1.03. The van der Waals surface area contributed by atoms with E-state index in [-0.39, 0.29) is 5.91 Å². The number of hydrogen-bond acceptors (Lipinski definition) is 2. The number of benzene rings is 1. The van der Waals surface area contributed by atoms with Gasteiger partial charge in [-0.1, -0.05) is 0 Å². The highest BCUT2D eigenvalue weighted by atomic mass is 79.9. The van der Waals surface area contributed by atoms with E-state index in [1.807, 2.05) is 18.2 Å². The van der Waals surface area contributed by atoms with Crippen LogP contribution in [-0.4, -0.2) is 19.1 Å². The summed E-state index contributed by atoms with van der Waals surface area (Å²) in [6, 6.07) is 5.93. The molecule has 0 radical (unpaired) electrons. The molecule has 3 aliphatic rings. The molecule has 0 saturated heterocycles. The summed E-state index contributed by atoms with van der Waals surface area (Å²) in [5.74, 6) is 4.13. The number of nitrogens with one attached hydrogen (secondary N) is 1. The van der Waals surface area contributed by atoms with Crippen molar-refractivity contribution < 1.29 is 9.53 Å². The molecule has 1 amide bonds. The molecule has 0 aromatic heterocycles. The number of amides is 1. The van der Waals surface area contributed by atoms with Crippen molar-refractivity contribution in [2.75, 3.05) is 7.11 Å². The summed E-state index contributed by atoms with van der Waals surface area (Å²) in [5.41, 5.74) is 0.704. The molecule has 106 valence electrons. The van der Waals surface area contributed by atoms with Crippen molar-refractivity contribution >= 4 is 21.8 Å². The maximum Gasteiger partial charge on any atom is 0.251 e. The van der Waals surface area contributed by atoms with E-state index in [0.29, 0.717) is 11.6 Å². The van der Waals surface area contributed by atoms with Gasteiger partial charge in [0.1, 0.15) is 5.75 Å². The lowest BCUT2D eigenvalue weighted by Gasteiger charge is -2.11. The zero-order valence-electron chi connectivity index (χ0n) is 11.4. The van der Waals surface area contributed by atoms with Gasteiger partial charge in [0.05, 0.1) is 11.6 Å². The average molecular weight is 336 g/mol. The fourth-order valence-corrected chi connectivity index (χ4v) is 5.10. The number of rotatable bonds is 3. The Kier molecular flexibility index (Phi) is 2.85. The largest absolute Gasteiger partial charge is 0.496 e. The van der Waals surface area contributed by atoms with Gasteiger partial charge in [-0.2, -0.15) is 0 Å². The van der Waals surface area contributed by atoms with E-state index in [9.17, 15) is 4.79 Å². The maximum absolute atomic E-state index is 12.3. The lowest BCUT2D eigenvalue weighted by molar-refractivity contribution is 0.0944. The Labute approximate surface area is 127 Å². The van der Waals surface area contributed by atoms with Crippen LogP contribution in [0.3, 0.4) is 0 Å². The zero-order valence-corrected chi connectivity index (χ0v) is 13.0. The van der Waals surface area contributed by atoms with Gasteiger partial charge in [-0.05, 0) is 77.1 Å². The predicted octanol–water partition coefficient (Wildman–Crippen LogP) is 3.23. The van der Waals surface area contributed by atoms with Gasteiger partial charge in [0, 0.05) is 11.6 Å². The predicted molar refractivity (Wildman–Crippen MR) is 79.8 cm³/mol. The van der Waals surface area contributed by atoms with E-state index in [2.05, 4.69) is 21.2 Å². The summed E-state index contributed by atoms with van der Waals surface area (Å²) in [6.07, 6.45) is 4.17. The van der Waals surface area contributed by atoms with Crippen LogP contribution in [0, 0.1) is 23.7 Å². The van der Waals surface area contributed by atoms with Crippen LogP contribution in [0.2, 0.25) is 0 Å². The number of carbonyl (C=O) groups is 1. The van der Waals surface area contributed by atoms with Crippen LogP contribution in [0.4, 0.5) is 0 Å². The van der Waals surface area contributed by atoms with Crippen LogP contribution in [0.5, 0.6) is 5.75 Å². The van der Waals surface area contributed by atoms with Crippen molar-refractivity contribution in [1.29, 1.82) is 0 Å². The standard InChI is InChI=1S/C16H18BrNO2/c1-20-12-5-4-10(7-11(12)17)16(19)18-15-13-8-2-3-9(6-8)14(13)15/h4-5,7-9,13-15H,2-3,6H2,1H3,(H,18,19). The second-order valence-corrected chi connectivity index (χ2v) is 7.19. The first kappa shape index (κ1) is 12.7. The van der Waals surface area contributed by atoms with Gasteiger partial charge < -0.3 is 10.1 Å². The lowest BCUT2D eigenvalue weighted by Crippen LogP contribution is -2.29. The summed E-state index contributed by atoms with van der Waals surface area (Å²) < 4.78 is 6.01. The Bertz CT molecular complexity index is 558. The first-order chi connectivity index (χ1) is 9.69. The Balaban J connectivity index is 1.45. The SMILES string of the molecule is COc1ccc(C(=O)NC2C3C4CCC(C4)C23)cc1Br. The molecule has 0 spiro atoms. The van der Waals surface area contributed by atoms with E-state index in [0.717, 1.165) is 33.9 Å². The summed E-state index contributed by atoms with van der Waals surface area (Å²) >= 11 is 3.43. The average Bonchev–Trinajstić information content (AvgIpc) is 2.84. The molecule has 2 bridgehead atoms. The number of fused-ring (bicyclic) bond motifs is 5. The minimum Gasteiger partial charge on any atom is -0.496 e. The van der Waals surface area contributed by atoms with Gasteiger partial charge in [-0.15, -0.1) is 0 Å². The van der Waals surface area contributed by atoms with Gasteiger partial charge in [0.2, 0.25) is 0 Å². The first-order valence-electron chi connectivity index (χ1n) is 7.33. The second-order valence-electron chi connectivity index (χ2n) is 6.34. The maximum atomic E-state index is 12.3. The molecule has 4 rings (SSSR count). The fourth-order valence-electron chi connectivity index (χ4n) is 4.56. The molecule has 1 N–H and O–H groups in total. The minimum absolute atomic E-state index is 0.0483. The Morgan fingerprint density at radius 3 is 2.60 bits per heavy atom. The summed E-state index contributed by atoms with van der Waals surface area (Å²) in [7, 11) is 1.63. The van der Waals surface area contributed by atoms with E-state index in [1.54, 1.807) is 7.11 Å². The molecular weight excluding hydrogens is 318 g/mol. The molecule has 4 atom stereocenters. The highest BCUT2D eigenvalue weighted by Crippen LogP contribution is 2.65. The molecule has 3 aliphatic carbocycles. The van der Waals surface area contributed by atoms with Crippen LogP contribution in [-0.2, 0) is 0 Å². The smallest absolute Gasteiger partial charge is 0.251 e. The fraction of sp³-hybridized carbons (Fsp3) is 0.562. The molecule has 4 heteroatoms. The van der Waals surface area contributed by atoms with Crippen molar-refractivity contribution in [3.63, 3.8) is 0 Å². The molecule has 1 aromatic carbocycles. The summed E-state index contributed by atoms with van der Waals surface area (Å²) in [6.45, 7) is 0. The molecule has 1 aromatic rings. The van der Waals surface area contributed by atoms with Crippen LogP contribution in [0.25, 0.3) is 0 Å². The lowest BCUT2D eigenvalue weighted by atomic mass is 10.0. The molecule has 4 unspecified atom stereocenters. The Morgan fingerprint density at radius 1 is 1.30 bits per heavy atom. The number of methoxy groups -OCH3 is 1. The third-order valence-corrected chi connectivity index (χ3v) is 6.07. The Morgan fingerprint density at radius 2 is 2.00 bits per heavy atom. The highest BCUT2D eigenvalue weighted by Gasteiger charge is 2.65. The third-order valence-electron chi connectivity index (χ3n) is 5.45. The van der Waals surface area contributed by atoms with Crippen molar-refractivity contribution in [2.24, 2.45) is 23.7 Å². The number of hydrogen-bond donors (Lipinski definition) is 1. The van der Waals surface area contributed by atoms with E-state index >= 15 is 0 Å².